The smallest absolute Gasteiger partial charge is 0.408 e. The quantitative estimate of drug-likeness (QED) is 0.223. The van der Waals surface area contributed by atoms with Crippen LogP contribution >= 0.6 is 0 Å². The lowest BCUT2D eigenvalue weighted by Gasteiger charge is -2.35. The zero-order valence-corrected chi connectivity index (χ0v) is 24.6. The predicted molar refractivity (Wildman–Crippen MR) is 152 cm³/mol. The number of nitrogens with one attached hydrogen (secondary N) is 2. The minimum Gasteiger partial charge on any atom is -0.508 e. The average molecular weight is 534 g/mol. The number of para-hydroxylation sites is 1. The SMILES string of the molecule is CCCCCCCN(C(=O)C(CC(C)C)NC(=O)OC(C)(C)C)C(C(=O)NCCCC)c1ccccc1O. The second-order valence-electron chi connectivity index (χ2n) is 11.4. The molecule has 0 saturated heterocycles. The Morgan fingerprint density at radius 2 is 1.61 bits per heavy atom. The third-order valence-corrected chi connectivity index (χ3v) is 6.10. The summed E-state index contributed by atoms with van der Waals surface area (Å²) in [6.07, 6.45) is 6.28. The zero-order valence-electron chi connectivity index (χ0n) is 24.6. The fourth-order valence-corrected chi connectivity index (χ4v) is 4.25. The van der Waals surface area contributed by atoms with Crippen molar-refractivity contribution in [2.75, 3.05) is 13.1 Å². The molecule has 3 amide bonds. The maximum Gasteiger partial charge on any atom is 0.408 e. The number of phenolic OH excluding ortho intramolecular Hbond substituents is 1. The topological polar surface area (TPSA) is 108 Å². The summed E-state index contributed by atoms with van der Waals surface area (Å²) in [4.78, 5) is 42.0. The second-order valence-corrected chi connectivity index (χ2v) is 11.4. The first-order valence-electron chi connectivity index (χ1n) is 14.3. The number of carbonyl (C=O) groups is 3. The first kappa shape index (κ1) is 33.3. The van der Waals surface area contributed by atoms with E-state index < -0.39 is 23.8 Å². The van der Waals surface area contributed by atoms with Crippen LogP contribution < -0.4 is 10.6 Å². The third kappa shape index (κ3) is 12.2. The molecule has 0 saturated carbocycles. The molecular weight excluding hydrogens is 482 g/mol. The first-order valence-corrected chi connectivity index (χ1v) is 14.3. The van der Waals surface area contributed by atoms with Gasteiger partial charge in [-0.3, -0.25) is 9.59 Å². The summed E-state index contributed by atoms with van der Waals surface area (Å²) in [6, 6.07) is 4.73. The maximum atomic E-state index is 14.2. The molecule has 0 bridgehead atoms. The number of amides is 3. The van der Waals surface area contributed by atoms with Gasteiger partial charge in [0.15, 0.2) is 0 Å². The van der Waals surface area contributed by atoms with Crippen LogP contribution in [0.15, 0.2) is 24.3 Å². The Labute approximate surface area is 229 Å². The number of nitrogens with zero attached hydrogens (tertiary/aromatic N) is 1. The number of hydrogen-bond acceptors (Lipinski definition) is 5. The maximum absolute atomic E-state index is 14.2. The van der Waals surface area contributed by atoms with Crippen LogP contribution in [0.25, 0.3) is 0 Å². The van der Waals surface area contributed by atoms with Crippen molar-refractivity contribution in [2.24, 2.45) is 5.92 Å². The highest BCUT2D eigenvalue weighted by Crippen LogP contribution is 2.30. The highest BCUT2D eigenvalue weighted by molar-refractivity contribution is 5.92. The average Bonchev–Trinajstić information content (AvgIpc) is 2.82. The Morgan fingerprint density at radius 3 is 2.18 bits per heavy atom. The second kappa shape index (κ2) is 16.9. The fraction of sp³-hybridized carbons (Fsp3) is 0.700. The summed E-state index contributed by atoms with van der Waals surface area (Å²) in [5.41, 5.74) is -0.351. The molecule has 0 aliphatic rings. The number of ether oxygens (including phenoxy) is 1. The van der Waals surface area contributed by atoms with E-state index in [9.17, 15) is 19.5 Å². The molecule has 8 nitrogen and oxygen atoms in total. The summed E-state index contributed by atoms with van der Waals surface area (Å²) in [5.74, 6) is -0.652. The van der Waals surface area contributed by atoms with Crippen molar-refractivity contribution in [2.45, 2.75) is 118 Å². The monoisotopic (exact) mass is 533 g/mol. The normalized spacial score (nSPS) is 13.1. The summed E-state index contributed by atoms with van der Waals surface area (Å²) in [5, 5.41) is 16.4. The molecule has 0 aromatic heterocycles. The molecule has 216 valence electrons. The predicted octanol–water partition coefficient (Wildman–Crippen LogP) is 6.09. The van der Waals surface area contributed by atoms with E-state index in [1.54, 1.807) is 39.0 Å². The molecule has 0 radical (unpaired) electrons. The number of phenols is 1. The van der Waals surface area contributed by atoms with Crippen LogP contribution in [0.4, 0.5) is 4.79 Å². The van der Waals surface area contributed by atoms with Crippen LogP contribution in [0.5, 0.6) is 5.75 Å². The zero-order chi connectivity index (χ0) is 28.7. The molecule has 0 aliphatic carbocycles. The summed E-state index contributed by atoms with van der Waals surface area (Å²) in [7, 11) is 0. The highest BCUT2D eigenvalue weighted by atomic mass is 16.6. The van der Waals surface area contributed by atoms with Gasteiger partial charge in [0.05, 0.1) is 0 Å². The summed E-state index contributed by atoms with van der Waals surface area (Å²) >= 11 is 0. The number of alkyl carbamates (subject to hydrolysis) is 1. The van der Waals surface area contributed by atoms with Gasteiger partial charge < -0.3 is 25.4 Å². The van der Waals surface area contributed by atoms with E-state index in [0.29, 0.717) is 31.5 Å². The van der Waals surface area contributed by atoms with E-state index >= 15 is 0 Å². The van der Waals surface area contributed by atoms with E-state index in [-0.39, 0.29) is 23.5 Å². The first-order chi connectivity index (χ1) is 17.9. The van der Waals surface area contributed by atoms with Crippen molar-refractivity contribution in [3.63, 3.8) is 0 Å². The Hall–Kier alpha value is -2.77. The minimum absolute atomic E-state index is 0.0487. The Kier molecular flexibility index (Phi) is 14.8. The van der Waals surface area contributed by atoms with Crippen molar-refractivity contribution < 1.29 is 24.2 Å². The van der Waals surface area contributed by atoms with Gasteiger partial charge in [0, 0.05) is 18.7 Å². The number of aromatic hydroxyl groups is 1. The summed E-state index contributed by atoms with van der Waals surface area (Å²) in [6.45, 7) is 14.2. The van der Waals surface area contributed by atoms with Crippen molar-refractivity contribution in [3.05, 3.63) is 29.8 Å². The molecule has 1 aromatic carbocycles. The molecule has 1 rings (SSSR count). The van der Waals surface area contributed by atoms with Crippen LogP contribution in [-0.4, -0.2) is 52.6 Å². The highest BCUT2D eigenvalue weighted by Gasteiger charge is 2.37. The van der Waals surface area contributed by atoms with Crippen LogP contribution in [0, 0.1) is 5.92 Å². The standard InChI is InChI=1S/C30H51N3O5/c1-8-10-12-13-16-20-33(28(36)24(21-22(3)4)32-29(37)38-30(5,6)7)26(27(35)31-19-11-9-2)23-17-14-15-18-25(23)34/h14-15,17-18,22,24,26,34H,8-13,16,19-21H2,1-7H3,(H,31,35)(H,32,37). The van der Waals surface area contributed by atoms with E-state index in [4.69, 9.17) is 4.74 Å². The van der Waals surface area contributed by atoms with Crippen molar-refractivity contribution in [1.29, 1.82) is 0 Å². The van der Waals surface area contributed by atoms with E-state index in [1.807, 2.05) is 20.8 Å². The molecule has 3 N–H and O–H groups in total. The van der Waals surface area contributed by atoms with Gasteiger partial charge in [-0.2, -0.15) is 0 Å². The largest absolute Gasteiger partial charge is 0.508 e. The number of carbonyl (C=O) groups excluding carboxylic acids is 3. The van der Waals surface area contributed by atoms with Gasteiger partial charge in [-0.1, -0.05) is 78.0 Å². The molecular formula is C30H51N3O5. The number of unbranched alkanes of at least 4 members (excludes halogenated alkanes) is 5. The van der Waals surface area contributed by atoms with Gasteiger partial charge in [0.25, 0.3) is 0 Å². The molecule has 8 heteroatoms. The molecule has 0 spiro atoms. The van der Waals surface area contributed by atoms with Gasteiger partial charge in [0.1, 0.15) is 23.4 Å². The molecule has 2 unspecified atom stereocenters. The van der Waals surface area contributed by atoms with Crippen LogP contribution in [0.2, 0.25) is 0 Å². The van der Waals surface area contributed by atoms with Gasteiger partial charge in [-0.25, -0.2) is 4.79 Å². The number of hydrogen-bond donors (Lipinski definition) is 3. The minimum atomic E-state index is -1.03. The van der Waals surface area contributed by atoms with Crippen molar-refractivity contribution in [3.8, 4) is 5.75 Å². The fourth-order valence-electron chi connectivity index (χ4n) is 4.25. The molecule has 0 fully saturated rings. The van der Waals surface area contributed by atoms with E-state index in [2.05, 4.69) is 17.6 Å². The van der Waals surface area contributed by atoms with E-state index in [0.717, 1.165) is 38.5 Å². The Morgan fingerprint density at radius 1 is 0.974 bits per heavy atom. The molecule has 2 atom stereocenters. The van der Waals surface area contributed by atoms with Crippen molar-refractivity contribution in [1.82, 2.24) is 15.5 Å². The van der Waals surface area contributed by atoms with Gasteiger partial charge in [-0.05, 0) is 52.0 Å². The Balaban J connectivity index is 3.44. The third-order valence-electron chi connectivity index (χ3n) is 6.10. The van der Waals surface area contributed by atoms with Gasteiger partial charge in [-0.15, -0.1) is 0 Å². The molecule has 0 heterocycles. The lowest BCUT2D eigenvalue weighted by atomic mass is 9.98. The van der Waals surface area contributed by atoms with E-state index in [1.165, 1.54) is 11.0 Å². The van der Waals surface area contributed by atoms with Crippen LogP contribution in [0.3, 0.4) is 0 Å². The number of rotatable bonds is 16. The lowest BCUT2D eigenvalue weighted by molar-refractivity contribution is -0.143. The molecule has 0 aliphatic heterocycles. The van der Waals surface area contributed by atoms with Crippen molar-refractivity contribution >= 4 is 17.9 Å². The Bertz CT molecular complexity index is 866. The lowest BCUT2D eigenvalue weighted by Crippen LogP contribution is -2.53. The van der Waals surface area contributed by atoms with Crippen LogP contribution in [0.1, 0.15) is 111 Å². The molecule has 1 aromatic rings. The van der Waals surface area contributed by atoms with Gasteiger partial charge >= 0.3 is 6.09 Å². The number of benzene rings is 1. The summed E-state index contributed by atoms with van der Waals surface area (Å²) < 4.78 is 5.44. The van der Waals surface area contributed by atoms with Crippen LogP contribution in [-0.2, 0) is 14.3 Å². The van der Waals surface area contributed by atoms with Gasteiger partial charge in [0.2, 0.25) is 11.8 Å². The molecule has 38 heavy (non-hydrogen) atoms.